The molecule has 0 saturated heterocycles. The quantitative estimate of drug-likeness (QED) is 0.682. The van der Waals surface area contributed by atoms with E-state index in [1.807, 2.05) is 54.9 Å². The van der Waals surface area contributed by atoms with Crippen molar-refractivity contribution in [1.29, 1.82) is 0 Å². The third-order valence-electron chi connectivity index (χ3n) is 2.68. The number of aldehydes is 1. The second-order valence-electron chi connectivity index (χ2n) is 3.63. The number of aryl methyl sites for hydroxylation is 1. The molecule has 0 bridgehead atoms. The van der Waals surface area contributed by atoms with Crippen LogP contribution >= 0.6 is 0 Å². The second kappa shape index (κ2) is 3.73. The van der Waals surface area contributed by atoms with E-state index in [0.717, 1.165) is 28.8 Å². The molecule has 0 N–H and O–H groups in total. The van der Waals surface area contributed by atoms with Crippen LogP contribution in [0.25, 0.3) is 11.3 Å². The summed E-state index contributed by atoms with van der Waals surface area (Å²) in [6.45, 7) is 2.00. The zero-order valence-corrected chi connectivity index (χ0v) is 8.90. The number of benzene rings is 1. The van der Waals surface area contributed by atoms with Crippen LogP contribution in [0.2, 0.25) is 0 Å². The van der Waals surface area contributed by atoms with Gasteiger partial charge in [0.2, 0.25) is 0 Å². The first-order valence-electron chi connectivity index (χ1n) is 4.91. The molecule has 76 valence electrons. The largest absolute Gasteiger partial charge is 0.347 e. The molecular formula is C13H13NO. The van der Waals surface area contributed by atoms with Gasteiger partial charge in [0.05, 0.1) is 5.69 Å². The highest BCUT2D eigenvalue weighted by atomic mass is 16.1. The van der Waals surface area contributed by atoms with Crippen molar-refractivity contribution in [2.75, 3.05) is 0 Å². The molecule has 0 atom stereocenters. The monoisotopic (exact) mass is 199 g/mol. The number of hydrogen-bond acceptors (Lipinski definition) is 1. The van der Waals surface area contributed by atoms with Crippen LogP contribution in [0.15, 0.2) is 36.4 Å². The molecule has 2 aromatic rings. The lowest BCUT2D eigenvalue weighted by Crippen LogP contribution is -1.95. The van der Waals surface area contributed by atoms with E-state index in [9.17, 15) is 4.79 Å². The standard InChI is InChI=1S/C13H13NO/c1-10-8-12(9-15)13(14(10)2)11-6-4-3-5-7-11/h3-9H,1-2H3. The average molecular weight is 199 g/mol. The van der Waals surface area contributed by atoms with Crippen molar-refractivity contribution in [3.05, 3.63) is 47.7 Å². The third-order valence-corrected chi connectivity index (χ3v) is 2.68. The minimum atomic E-state index is 0.751. The minimum Gasteiger partial charge on any atom is -0.347 e. The van der Waals surface area contributed by atoms with Crippen LogP contribution in [0, 0.1) is 6.92 Å². The summed E-state index contributed by atoms with van der Waals surface area (Å²) in [5, 5.41) is 0. The van der Waals surface area contributed by atoms with Crippen molar-refractivity contribution < 1.29 is 4.79 Å². The molecule has 0 aliphatic rings. The highest BCUT2D eigenvalue weighted by Gasteiger charge is 2.10. The smallest absolute Gasteiger partial charge is 0.152 e. The van der Waals surface area contributed by atoms with Gasteiger partial charge >= 0.3 is 0 Å². The van der Waals surface area contributed by atoms with Gasteiger partial charge in [-0.3, -0.25) is 4.79 Å². The average Bonchev–Trinajstić information content (AvgIpc) is 2.56. The Bertz CT molecular complexity index is 483. The number of carbonyl (C=O) groups is 1. The molecule has 15 heavy (non-hydrogen) atoms. The Morgan fingerprint density at radius 1 is 1.20 bits per heavy atom. The topological polar surface area (TPSA) is 22.0 Å². The van der Waals surface area contributed by atoms with Gasteiger partial charge in [-0.15, -0.1) is 0 Å². The molecule has 0 spiro atoms. The van der Waals surface area contributed by atoms with E-state index in [2.05, 4.69) is 0 Å². The molecule has 2 rings (SSSR count). The molecule has 0 amide bonds. The van der Waals surface area contributed by atoms with Gasteiger partial charge in [0.1, 0.15) is 0 Å². The second-order valence-corrected chi connectivity index (χ2v) is 3.63. The Balaban J connectivity index is 2.66. The molecule has 1 aromatic heterocycles. The molecule has 0 aliphatic heterocycles. The Hall–Kier alpha value is -1.83. The van der Waals surface area contributed by atoms with Gasteiger partial charge in [0.25, 0.3) is 0 Å². The van der Waals surface area contributed by atoms with Crippen molar-refractivity contribution >= 4 is 6.29 Å². The summed E-state index contributed by atoms with van der Waals surface area (Å²) >= 11 is 0. The lowest BCUT2D eigenvalue weighted by atomic mass is 10.1. The maximum Gasteiger partial charge on any atom is 0.152 e. The molecule has 2 nitrogen and oxygen atoms in total. The van der Waals surface area contributed by atoms with Gasteiger partial charge < -0.3 is 4.57 Å². The number of hydrogen-bond donors (Lipinski definition) is 0. The maximum absolute atomic E-state index is 11.0. The highest BCUT2D eigenvalue weighted by molar-refractivity contribution is 5.86. The Morgan fingerprint density at radius 3 is 2.47 bits per heavy atom. The van der Waals surface area contributed by atoms with Gasteiger partial charge in [0.15, 0.2) is 6.29 Å². The predicted octanol–water partition coefficient (Wildman–Crippen LogP) is 2.81. The number of rotatable bonds is 2. The first-order valence-corrected chi connectivity index (χ1v) is 4.91. The zero-order valence-electron chi connectivity index (χ0n) is 8.90. The van der Waals surface area contributed by atoms with Gasteiger partial charge in [-0.2, -0.15) is 0 Å². The van der Waals surface area contributed by atoms with E-state index < -0.39 is 0 Å². The van der Waals surface area contributed by atoms with E-state index in [4.69, 9.17) is 0 Å². The van der Waals surface area contributed by atoms with E-state index in [1.54, 1.807) is 0 Å². The summed E-state index contributed by atoms with van der Waals surface area (Å²) in [6, 6.07) is 11.9. The fourth-order valence-corrected chi connectivity index (χ4v) is 1.81. The van der Waals surface area contributed by atoms with Crippen LogP contribution in [0.1, 0.15) is 16.1 Å². The van der Waals surface area contributed by atoms with Crippen molar-refractivity contribution in [2.24, 2.45) is 7.05 Å². The van der Waals surface area contributed by atoms with Crippen molar-refractivity contribution in [2.45, 2.75) is 6.92 Å². The SMILES string of the molecule is Cc1cc(C=O)c(-c2ccccc2)n1C. The van der Waals surface area contributed by atoms with Crippen LogP contribution < -0.4 is 0 Å². The summed E-state index contributed by atoms with van der Waals surface area (Å²) in [7, 11) is 1.98. The summed E-state index contributed by atoms with van der Waals surface area (Å²) in [4.78, 5) is 11.0. The van der Waals surface area contributed by atoms with Crippen LogP contribution in [0.3, 0.4) is 0 Å². The molecule has 1 heterocycles. The van der Waals surface area contributed by atoms with Crippen molar-refractivity contribution in [3.8, 4) is 11.3 Å². The molecule has 0 saturated carbocycles. The number of aromatic nitrogens is 1. The van der Waals surface area contributed by atoms with Gasteiger partial charge in [-0.1, -0.05) is 30.3 Å². The Morgan fingerprint density at radius 2 is 1.87 bits per heavy atom. The predicted molar refractivity (Wildman–Crippen MR) is 61.0 cm³/mol. The number of carbonyl (C=O) groups excluding carboxylic acids is 1. The van der Waals surface area contributed by atoms with Crippen LogP contribution in [-0.4, -0.2) is 10.9 Å². The van der Waals surface area contributed by atoms with Crippen LogP contribution in [0.4, 0.5) is 0 Å². The van der Waals surface area contributed by atoms with Gasteiger partial charge in [0, 0.05) is 18.3 Å². The van der Waals surface area contributed by atoms with Crippen LogP contribution in [0.5, 0.6) is 0 Å². The first kappa shape index (κ1) is 9.71. The molecule has 0 fully saturated rings. The summed E-state index contributed by atoms with van der Waals surface area (Å²) in [5.41, 5.74) is 3.91. The van der Waals surface area contributed by atoms with Crippen LogP contribution in [-0.2, 0) is 7.05 Å². The molecular weight excluding hydrogens is 186 g/mol. The minimum absolute atomic E-state index is 0.751. The van der Waals surface area contributed by atoms with Crippen molar-refractivity contribution in [3.63, 3.8) is 0 Å². The lowest BCUT2D eigenvalue weighted by Gasteiger charge is -2.05. The summed E-state index contributed by atoms with van der Waals surface area (Å²) in [6.07, 6.45) is 0.912. The normalized spacial score (nSPS) is 10.3. The van der Waals surface area contributed by atoms with E-state index >= 15 is 0 Å². The summed E-state index contributed by atoms with van der Waals surface area (Å²) < 4.78 is 2.04. The number of nitrogens with zero attached hydrogens (tertiary/aromatic N) is 1. The van der Waals surface area contributed by atoms with Gasteiger partial charge in [-0.25, -0.2) is 0 Å². The molecule has 2 heteroatoms. The molecule has 1 aromatic carbocycles. The van der Waals surface area contributed by atoms with E-state index in [0.29, 0.717) is 0 Å². The fourth-order valence-electron chi connectivity index (χ4n) is 1.81. The molecule has 0 aliphatic carbocycles. The molecule has 0 radical (unpaired) electrons. The maximum atomic E-state index is 11.0. The Kier molecular flexibility index (Phi) is 2.42. The third kappa shape index (κ3) is 1.59. The van der Waals surface area contributed by atoms with E-state index in [-0.39, 0.29) is 0 Å². The highest BCUT2D eigenvalue weighted by Crippen LogP contribution is 2.24. The zero-order chi connectivity index (χ0) is 10.8. The van der Waals surface area contributed by atoms with E-state index in [1.165, 1.54) is 0 Å². The lowest BCUT2D eigenvalue weighted by molar-refractivity contribution is 0.112. The van der Waals surface area contributed by atoms with Crippen molar-refractivity contribution in [1.82, 2.24) is 4.57 Å². The molecule has 0 unspecified atom stereocenters. The Labute approximate surface area is 89.2 Å². The summed E-state index contributed by atoms with van der Waals surface area (Å²) in [5.74, 6) is 0. The first-order chi connectivity index (χ1) is 7.24. The van der Waals surface area contributed by atoms with Gasteiger partial charge in [-0.05, 0) is 18.6 Å². The fraction of sp³-hybridized carbons (Fsp3) is 0.154.